The number of carbonyl (C=O) groups excluding carboxylic acids is 1. The molecule has 5 heteroatoms. The monoisotopic (exact) mass is 263 g/mol. The molecule has 0 aromatic carbocycles. The standard InChI is InChI=1S/C14H21N3O2/c18-11-10-16-6-1-7-17(9-8-16)14(19)12-13-2-4-15-5-3-13/h2-5,18H,1,6-12H2. The second kappa shape index (κ2) is 7.21. The van der Waals surface area contributed by atoms with Crippen molar-refractivity contribution in [2.75, 3.05) is 39.3 Å². The molecule has 0 unspecified atom stereocenters. The van der Waals surface area contributed by atoms with Crippen LogP contribution in [0.4, 0.5) is 0 Å². The first-order valence-corrected chi connectivity index (χ1v) is 6.79. The van der Waals surface area contributed by atoms with Crippen LogP contribution in [0.25, 0.3) is 0 Å². The maximum atomic E-state index is 12.2. The number of hydrogen-bond acceptors (Lipinski definition) is 4. The molecular formula is C14H21N3O2. The summed E-state index contributed by atoms with van der Waals surface area (Å²) in [6.07, 6.45) is 4.85. The minimum Gasteiger partial charge on any atom is -0.395 e. The van der Waals surface area contributed by atoms with Crippen LogP contribution in [0.1, 0.15) is 12.0 Å². The summed E-state index contributed by atoms with van der Waals surface area (Å²) < 4.78 is 0. The van der Waals surface area contributed by atoms with E-state index in [2.05, 4.69) is 9.88 Å². The first-order valence-electron chi connectivity index (χ1n) is 6.79. The fourth-order valence-corrected chi connectivity index (χ4v) is 2.37. The lowest BCUT2D eigenvalue weighted by molar-refractivity contribution is -0.130. The van der Waals surface area contributed by atoms with Gasteiger partial charge in [0.1, 0.15) is 0 Å². The molecule has 1 N–H and O–H groups in total. The van der Waals surface area contributed by atoms with Gasteiger partial charge < -0.3 is 10.0 Å². The molecule has 1 fully saturated rings. The Labute approximate surface area is 113 Å². The molecule has 1 aromatic heterocycles. The van der Waals surface area contributed by atoms with Crippen molar-refractivity contribution in [2.24, 2.45) is 0 Å². The molecule has 1 saturated heterocycles. The Hall–Kier alpha value is -1.46. The van der Waals surface area contributed by atoms with E-state index < -0.39 is 0 Å². The summed E-state index contributed by atoms with van der Waals surface area (Å²) in [5.41, 5.74) is 1.01. The number of aromatic nitrogens is 1. The van der Waals surface area contributed by atoms with E-state index in [1.807, 2.05) is 17.0 Å². The fraction of sp³-hybridized carbons (Fsp3) is 0.571. The number of carbonyl (C=O) groups is 1. The van der Waals surface area contributed by atoms with Gasteiger partial charge in [0, 0.05) is 38.6 Å². The van der Waals surface area contributed by atoms with Crippen molar-refractivity contribution in [1.82, 2.24) is 14.8 Å². The summed E-state index contributed by atoms with van der Waals surface area (Å²) in [7, 11) is 0. The third kappa shape index (κ3) is 4.29. The Kier molecular flexibility index (Phi) is 5.30. The van der Waals surface area contributed by atoms with Gasteiger partial charge in [0.05, 0.1) is 13.0 Å². The summed E-state index contributed by atoms with van der Waals surface area (Å²) in [5, 5.41) is 8.95. The zero-order valence-electron chi connectivity index (χ0n) is 11.2. The number of hydrogen-bond donors (Lipinski definition) is 1. The van der Waals surface area contributed by atoms with E-state index in [0.717, 1.165) is 38.2 Å². The van der Waals surface area contributed by atoms with E-state index in [1.54, 1.807) is 12.4 Å². The predicted molar refractivity (Wildman–Crippen MR) is 72.7 cm³/mol. The second-order valence-corrected chi connectivity index (χ2v) is 4.83. The minimum atomic E-state index is 0.178. The molecule has 5 nitrogen and oxygen atoms in total. The van der Waals surface area contributed by atoms with E-state index in [-0.39, 0.29) is 12.5 Å². The van der Waals surface area contributed by atoms with Gasteiger partial charge in [0.25, 0.3) is 0 Å². The predicted octanol–water partition coefficient (Wildman–Crippen LogP) is 0.151. The molecule has 2 rings (SSSR count). The highest BCUT2D eigenvalue weighted by atomic mass is 16.3. The molecule has 0 radical (unpaired) electrons. The van der Waals surface area contributed by atoms with Gasteiger partial charge in [-0.15, -0.1) is 0 Å². The molecule has 0 spiro atoms. The Morgan fingerprint density at radius 2 is 2.00 bits per heavy atom. The summed E-state index contributed by atoms with van der Waals surface area (Å²) >= 11 is 0. The smallest absolute Gasteiger partial charge is 0.227 e. The van der Waals surface area contributed by atoms with Crippen molar-refractivity contribution in [2.45, 2.75) is 12.8 Å². The van der Waals surface area contributed by atoms with Crippen LogP contribution < -0.4 is 0 Å². The van der Waals surface area contributed by atoms with E-state index in [4.69, 9.17) is 5.11 Å². The molecule has 2 heterocycles. The Morgan fingerprint density at radius 1 is 1.21 bits per heavy atom. The number of β-amino-alcohol motifs (C(OH)–C–C–N with tert-alkyl or cyclic N) is 1. The number of amides is 1. The highest BCUT2D eigenvalue weighted by molar-refractivity contribution is 5.78. The lowest BCUT2D eigenvalue weighted by Gasteiger charge is -2.21. The summed E-state index contributed by atoms with van der Waals surface area (Å²) in [6.45, 7) is 4.26. The van der Waals surface area contributed by atoms with E-state index in [1.165, 1.54) is 0 Å². The zero-order valence-corrected chi connectivity index (χ0v) is 11.2. The van der Waals surface area contributed by atoms with Gasteiger partial charge in [-0.1, -0.05) is 0 Å². The molecule has 1 aliphatic heterocycles. The molecule has 1 aromatic rings. The zero-order chi connectivity index (χ0) is 13.5. The number of pyridine rings is 1. The molecule has 0 aliphatic carbocycles. The first kappa shape index (κ1) is 14.0. The molecule has 1 amide bonds. The van der Waals surface area contributed by atoms with Crippen LogP contribution in [0.3, 0.4) is 0 Å². The van der Waals surface area contributed by atoms with Crippen molar-refractivity contribution in [1.29, 1.82) is 0 Å². The average molecular weight is 263 g/mol. The lowest BCUT2D eigenvalue weighted by atomic mass is 10.2. The molecular weight excluding hydrogens is 242 g/mol. The average Bonchev–Trinajstić information content (AvgIpc) is 2.66. The van der Waals surface area contributed by atoms with E-state index in [9.17, 15) is 4.79 Å². The highest BCUT2D eigenvalue weighted by Crippen LogP contribution is 2.06. The summed E-state index contributed by atoms with van der Waals surface area (Å²) in [4.78, 5) is 20.3. The van der Waals surface area contributed by atoms with Gasteiger partial charge in [-0.2, -0.15) is 0 Å². The third-order valence-electron chi connectivity index (χ3n) is 3.46. The molecule has 0 bridgehead atoms. The molecule has 0 atom stereocenters. The van der Waals surface area contributed by atoms with Gasteiger partial charge in [0.15, 0.2) is 0 Å². The van der Waals surface area contributed by atoms with Gasteiger partial charge in [-0.25, -0.2) is 0 Å². The van der Waals surface area contributed by atoms with Crippen LogP contribution in [-0.4, -0.2) is 65.1 Å². The lowest BCUT2D eigenvalue weighted by Crippen LogP contribution is -2.36. The van der Waals surface area contributed by atoms with E-state index >= 15 is 0 Å². The Balaban J connectivity index is 1.86. The van der Waals surface area contributed by atoms with Crippen LogP contribution in [0.2, 0.25) is 0 Å². The molecule has 0 saturated carbocycles. The van der Waals surface area contributed by atoms with Crippen LogP contribution in [0, 0.1) is 0 Å². The first-order chi connectivity index (χ1) is 9.29. The maximum absolute atomic E-state index is 12.2. The van der Waals surface area contributed by atoms with Crippen LogP contribution in [0.5, 0.6) is 0 Å². The van der Waals surface area contributed by atoms with Gasteiger partial charge >= 0.3 is 0 Å². The summed E-state index contributed by atoms with van der Waals surface area (Å²) in [6, 6.07) is 3.77. The quantitative estimate of drug-likeness (QED) is 0.840. The SMILES string of the molecule is O=C(Cc1ccncc1)N1CCCN(CCO)CC1. The number of rotatable bonds is 4. The van der Waals surface area contributed by atoms with Crippen molar-refractivity contribution >= 4 is 5.91 Å². The third-order valence-corrected chi connectivity index (χ3v) is 3.46. The van der Waals surface area contributed by atoms with Crippen molar-refractivity contribution in [3.05, 3.63) is 30.1 Å². The fourth-order valence-electron chi connectivity index (χ4n) is 2.37. The van der Waals surface area contributed by atoms with Gasteiger partial charge in [-0.3, -0.25) is 14.7 Å². The van der Waals surface area contributed by atoms with Crippen molar-refractivity contribution < 1.29 is 9.90 Å². The highest BCUT2D eigenvalue weighted by Gasteiger charge is 2.18. The van der Waals surface area contributed by atoms with Crippen molar-refractivity contribution in [3.8, 4) is 0 Å². The minimum absolute atomic E-state index is 0.178. The van der Waals surface area contributed by atoms with E-state index in [0.29, 0.717) is 13.0 Å². The normalized spacial score (nSPS) is 17.2. The van der Waals surface area contributed by atoms with Crippen LogP contribution in [-0.2, 0) is 11.2 Å². The summed E-state index contributed by atoms with van der Waals surface area (Å²) in [5.74, 6) is 0.178. The second-order valence-electron chi connectivity index (χ2n) is 4.83. The Bertz CT molecular complexity index is 397. The van der Waals surface area contributed by atoms with Crippen molar-refractivity contribution in [3.63, 3.8) is 0 Å². The molecule has 104 valence electrons. The van der Waals surface area contributed by atoms with Gasteiger partial charge in [-0.05, 0) is 30.7 Å². The van der Waals surface area contributed by atoms with Crippen LogP contribution in [0.15, 0.2) is 24.5 Å². The Morgan fingerprint density at radius 3 is 2.74 bits per heavy atom. The number of nitrogens with zero attached hydrogens (tertiary/aromatic N) is 3. The maximum Gasteiger partial charge on any atom is 0.227 e. The topological polar surface area (TPSA) is 56.7 Å². The molecule has 1 aliphatic rings. The molecule has 19 heavy (non-hydrogen) atoms. The van der Waals surface area contributed by atoms with Crippen LogP contribution >= 0.6 is 0 Å². The number of aliphatic hydroxyl groups excluding tert-OH is 1. The largest absolute Gasteiger partial charge is 0.395 e. The number of aliphatic hydroxyl groups is 1. The van der Waals surface area contributed by atoms with Gasteiger partial charge in [0.2, 0.25) is 5.91 Å².